The van der Waals surface area contributed by atoms with E-state index in [-0.39, 0.29) is 0 Å². The average Bonchev–Trinajstić information content (AvgIpc) is 3.02. The number of primary amides is 1. The van der Waals surface area contributed by atoms with E-state index in [1.54, 1.807) is 30.5 Å². The molecule has 0 radical (unpaired) electrons. The highest BCUT2D eigenvalue weighted by Gasteiger charge is 2.30. The lowest BCUT2D eigenvalue weighted by Gasteiger charge is -2.34. The highest BCUT2D eigenvalue weighted by Crippen LogP contribution is 2.26. The summed E-state index contributed by atoms with van der Waals surface area (Å²) >= 11 is 1.28. The Morgan fingerprint density at radius 1 is 1.21 bits per heavy atom. The minimum absolute atomic E-state index is 0.341. The molecule has 7 nitrogen and oxygen atoms in total. The van der Waals surface area contributed by atoms with Crippen LogP contribution in [0.2, 0.25) is 0 Å². The number of hydrogen-bond donors (Lipinski definition) is 1. The van der Waals surface area contributed by atoms with E-state index in [1.165, 1.54) is 15.6 Å². The largest absolute Gasteiger partial charge is 0.365 e. The predicted octanol–water partition coefficient (Wildman–Crippen LogP) is 1.06. The molecule has 1 aliphatic heterocycles. The third-order valence-electron chi connectivity index (χ3n) is 3.90. The number of anilines is 1. The number of pyridine rings is 1. The molecule has 3 rings (SSSR count). The van der Waals surface area contributed by atoms with E-state index in [0.29, 0.717) is 41.8 Å². The van der Waals surface area contributed by atoms with Crippen LogP contribution in [-0.2, 0) is 10.0 Å². The molecule has 128 valence electrons. The lowest BCUT2D eigenvalue weighted by Crippen LogP contribution is -2.49. The maximum Gasteiger partial charge on any atom is 0.252 e. The van der Waals surface area contributed by atoms with Gasteiger partial charge in [0, 0.05) is 37.3 Å². The molecule has 0 unspecified atom stereocenters. The Labute approximate surface area is 144 Å². The van der Waals surface area contributed by atoms with Crippen molar-refractivity contribution in [1.29, 1.82) is 0 Å². The van der Waals surface area contributed by atoms with Crippen molar-refractivity contribution in [1.82, 2.24) is 9.29 Å². The number of piperazine rings is 1. The van der Waals surface area contributed by atoms with Gasteiger partial charge < -0.3 is 10.6 Å². The van der Waals surface area contributed by atoms with Crippen LogP contribution in [-0.4, -0.2) is 49.8 Å². The van der Waals surface area contributed by atoms with Gasteiger partial charge in [-0.1, -0.05) is 0 Å². The van der Waals surface area contributed by atoms with Gasteiger partial charge in [-0.05, 0) is 31.2 Å². The van der Waals surface area contributed by atoms with Crippen molar-refractivity contribution in [2.45, 2.75) is 11.1 Å². The van der Waals surface area contributed by atoms with Gasteiger partial charge in [0.2, 0.25) is 0 Å². The number of nitrogens with two attached hydrogens (primary N) is 1. The number of amides is 1. The second kappa shape index (κ2) is 6.50. The predicted molar refractivity (Wildman–Crippen MR) is 92.8 cm³/mol. The van der Waals surface area contributed by atoms with Crippen molar-refractivity contribution in [3.8, 4) is 0 Å². The zero-order chi connectivity index (χ0) is 17.3. The number of aromatic nitrogens is 1. The molecular formula is C15H18N4O3S2. The fourth-order valence-electron chi connectivity index (χ4n) is 2.66. The van der Waals surface area contributed by atoms with Crippen LogP contribution in [0.4, 0.5) is 5.82 Å². The quantitative estimate of drug-likeness (QED) is 0.873. The summed E-state index contributed by atoms with van der Waals surface area (Å²) in [5.41, 5.74) is 5.74. The van der Waals surface area contributed by atoms with E-state index in [1.807, 2.05) is 11.8 Å². The fourth-order valence-corrected chi connectivity index (χ4v) is 5.52. The Balaban J connectivity index is 1.76. The lowest BCUT2D eigenvalue weighted by atomic mass is 10.2. The Morgan fingerprint density at radius 3 is 2.50 bits per heavy atom. The smallest absolute Gasteiger partial charge is 0.252 e. The van der Waals surface area contributed by atoms with Gasteiger partial charge in [-0.2, -0.15) is 4.31 Å². The number of carbonyl (C=O) groups excluding carboxylic acids is 1. The maximum absolute atomic E-state index is 12.6. The van der Waals surface area contributed by atoms with Crippen molar-refractivity contribution in [3.05, 3.63) is 40.9 Å². The summed E-state index contributed by atoms with van der Waals surface area (Å²) in [6, 6.07) is 6.73. The maximum atomic E-state index is 12.6. The van der Waals surface area contributed by atoms with E-state index in [9.17, 15) is 13.2 Å². The summed E-state index contributed by atoms with van der Waals surface area (Å²) in [5.74, 6) is -0.0313. The van der Waals surface area contributed by atoms with E-state index in [0.717, 1.165) is 4.88 Å². The number of rotatable bonds is 4. The topological polar surface area (TPSA) is 96.6 Å². The molecule has 0 saturated carbocycles. The third kappa shape index (κ3) is 3.14. The molecule has 0 aliphatic carbocycles. The van der Waals surface area contributed by atoms with Crippen molar-refractivity contribution in [2.24, 2.45) is 5.73 Å². The van der Waals surface area contributed by atoms with Crippen LogP contribution in [0.1, 0.15) is 15.2 Å². The standard InChI is InChI=1S/C15H18N4O3S2/c1-11-4-5-13(23-11)24(21,22)19-9-7-18(8-10-19)15-12(14(16)20)3-2-6-17-15/h2-6H,7-10H2,1H3,(H2,16,20). The summed E-state index contributed by atoms with van der Waals surface area (Å²) in [6.45, 7) is 3.48. The van der Waals surface area contributed by atoms with Crippen molar-refractivity contribution >= 4 is 33.1 Å². The molecule has 3 heterocycles. The summed E-state index contributed by atoms with van der Waals surface area (Å²) in [4.78, 5) is 18.6. The summed E-state index contributed by atoms with van der Waals surface area (Å²) in [6.07, 6.45) is 1.60. The molecule has 1 fully saturated rings. The van der Waals surface area contributed by atoms with Gasteiger partial charge >= 0.3 is 0 Å². The molecule has 2 aromatic rings. The summed E-state index contributed by atoms with van der Waals surface area (Å²) in [7, 11) is -3.46. The first-order valence-electron chi connectivity index (χ1n) is 7.46. The molecule has 0 bridgehead atoms. The Hall–Kier alpha value is -1.97. The van der Waals surface area contributed by atoms with Crippen LogP contribution >= 0.6 is 11.3 Å². The molecule has 2 N–H and O–H groups in total. The Morgan fingerprint density at radius 2 is 1.92 bits per heavy atom. The van der Waals surface area contributed by atoms with Crippen LogP contribution in [0.25, 0.3) is 0 Å². The average molecular weight is 366 g/mol. The van der Waals surface area contributed by atoms with Crippen molar-refractivity contribution in [3.63, 3.8) is 0 Å². The summed E-state index contributed by atoms with van der Waals surface area (Å²) in [5, 5.41) is 0. The van der Waals surface area contributed by atoms with Crippen molar-refractivity contribution < 1.29 is 13.2 Å². The van der Waals surface area contributed by atoms with Gasteiger partial charge in [-0.25, -0.2) is 13.4 Å². The number of nitrogens with zero attached hydrogens (tertiary/aromatic N) is 3. The first-order valence-corrected chi connectivity index (χ1v) is 9.71. The molecule has 24 heavy (non-hydrogen) atoms. The van der Waals surface area contributed by atoms with Crippen LogP contribution in [0, 0.1) is 6.92 Å². The van der Waals surface area contributed by atoms with E-state index in [4.69, 9.17) is 5.73 Å². The highest BCUT2D eigenvalue weighted by atomic mass is 32.2. The van der Waals surface area contributed by atoms with E-state index >= 15 is 0 Å². The molecule has 0 spiro atoms. The normalized spacial score (nSPS) is 16.3. The zero-order valence-corrected chi connectivity index (χ0v) is 14.8. The summed E-state index contributed by atoms with van der Waals surface area (Å²) < 4.78 is 27.1. The molecule has 1 aliphatic rings. The van der Waals surface area contributed by atoms with Crippen molar-refractivity contribution in [2.75, 3.05) is 31.1 Å². The van der Waals surface area contributed by atoms with Crippen LogP contribution in [0.5, 0.6) is 0 Å². The zero-order valence-electron chi connectivity index (χ0n) is 13.2. The first kappa shape index (κ1) is 16.9. The van der Waals surface area contributed by atoms with Gasteiger partial charge in [0.15, 0.2) is 0 Å². The molecule has 0 atom stereocenters. The van der Waals surface area contributed by atoms with Crippen LogP contribution < -0.4 is 10.6 Å². The minimum Gasteiger partial charge on any atom is -0.365 e. The van der Waals surface area contributed by atoms with Gasteiger partial charge in [-0.15, -0.1) is 11.3 Å². The molecule has 1 amide bonds. The SMILES string of the molecule is Cc1ccc(S(=O)(=O)N2CCN(c3ncccc3C(N)=O)CC2)s1. The Kier molecular flexibility index (Phi) is 4.57. The van der Waals surface area contributed by atoms with Gasteiger partial charge in [0.25, 0.3) is 15.9 Å². The van der Waals surface area contributed by atoms with Gasteiger partial charge in [-0.3, -0.25) is 4.79 Å². The van der Waals surface area contributed by atoms with Gasteiger partial charge in [0.1, 0.15) is 10.0 Å². The van der Waals surface area contributed by atoms with E-state index in [2.05, 4.69) is 4.98 Å². The number of sulfonamides is 1. The molecule has 9 heteroatoms. The first-order chi connectivity index (χ1) is 11.4. The molecule has 0 aromatic carbocycles. The Bertz CT molecular complexity index is 855. The monoisotopic (exact) mass is 366 g/mol. The molecule has 1 saturated heterocycles. The molecule has 2 aromatic heterocycles. The second-order valence-corrected chi connectivity index (χ2v) is 8.95. The minimum atomic E-state index is -3.46. The van der Waals surface area contributed by atoms with Crippen LogP contribution in [0.15, 0.2) is 34.7 Å². The van der Waals surface area contributed by atoms with E-state index < -0.39 is 15.9 Å². The highest BCUT2D eigenvalue weighted by molar-refractivity contribution is 7.91. The number of hydrogen-bond acceptors (Lipinski definition) is 6. The molecular weight excluding hydrogens is 348 g/mol. The second-order valence-electron chi connectivity index (χ2n) is 5.50. The van der Waals surface area contributed by atoms with Gasteiger partial charge in [0.05, 0.1) is 5.56 Å². The number of carbonyl (C=O) groups is 1. The van der Waals surface area contributed by atoms with Crippen LogP contribution in [0.3, 0.4) is 0 Å². The number of aryl methyl sites for hydroxylation is 1. The fraction of sp³-hybridized carbons (Fsp3) is 0.333. The number of thiophene rings is 1. The lowest BCUT2D eigenvalue weighted by molar-refractivity contribution is 0.100. The third-order valence-corrected chi connectivity index (χ3v) is 7.27.